The number of hydrazine groups is 1. The number of fused-ring (bicyclic) bond motifs is 6. The van der Waals surface area contributed by atoms with Gasteiger partial charge in [0.05, 0.1) is 30.7 Å². The van der Waals surface area contributed by atoms with E-state index in [2.05, 4.69) is 82.8 Å². The molecule has 2 unspecified atom stereocenters. The van der Waals surface area contributed by atoms with E-state index in [1.54, 1.807) is 26.2 Å². The second kappa shape index (κ2) is 23.7. The number of aryl methyl sites for hydroxylation is 1. The minimum atomic E-state index is -1.01. The SMILES string of the molecule is C=CC(=O)N1CCN(CCOC)C2(CCN(C(=O)N(C)[C@H](C(=O)NC3CN4CCC=C(C4)c4ccc5c(c4)c(c(-c4cccnc4[C@H](C)OC)n5CC)CC(C)(C)COC(=O)[C@@H]4CCCN(N4)C3=O)C(C)C)CC2)C1. The molecule has 8 rings (SSSR count). The van der Waals surface area contributed by atoms with E-state index in [0.29, 0.717) is 97.6 Å². The van der Waals surface area contributed by atoms with Crippen molar-refractivity contribution in [2.45, 2.75) is 116 Å². The summed E-state index contributed by atoms with van der Waals surface area (Å²) < 4.78 is 19.8. The Morgan fingerprint density at radius 1 is 1.04 bits per heavy atom. The molecule has 5 atom stereocenters. The highest BCUT2D eigenvalue weighted by atomic mass is 16.5. The molecule has 3 fully saturated rings. The van der Waals surface area contributed by atoms with Crippen molar-refractivity contribution in [1.82, 2.24) is 49.8 Å². The Bertz CT molecular complexity index is 2620. The van der Waals surface area contributed by atoms with Crippen LogP contribution in [0.2, 0.25) is 0 Å². The van der Waals surface area contributed by atoms with Gasteiger partial charge in [0.2, 0.25) is 11.8 Å². The van der Waals surface area contributed by atoms with Crippen molar-refractivity contribution in [1.29, 1.82) is 0 Å². The van der Waals surface area contributed by atoms with Gasteiger partial charge in [-0.1, -0.05) is 46.4 Å². The summed E-state index contributed by atoms with van der Waals surface area (Å²) in [7, 11) is 5.05. The average molecular weight is 1040 g/mol. The maximum atomic E-state index is 14.9. The summed E-state index contributed by atoms with van der Waals surface area (Å²) in [4.78, 5) is 85.8. The number of amides is 5. The van der Waals surface area contributed by atoms with Gasteiger partial charge in [-0.25, -0.2) is 10.2 Å². The molecule has 18 heteroatoms. The van der Waals surface area contributed by atoms with E-state index in [-0.39, 0.29) is 48.6 Å². The van der Waals surface area contributed by atoms with Crippen molar-refractivity contribution < 1.29 is 38.2 Å². The topological polar surface area (TPSA) is 174 Å². The second-order valence-electron chi connectivity index (χ2n) is 22.4. The highest BCUT2D eigenvalue weighted by Gasteiger charge is 2.47. The van der Waals surface area contributed by atoms with Crippen LogP contribution in [0.1, 0.15) is 96.6 Å². The zero-order valence-corrected chi connectivity index (χ0v) is 46.0. The van der Waals surface area contributed by atoms with Gasteiger partial charge >= 0.3 is 12.0 Å². The van der Waals surface area contributed by atoms with Crippen molar-refractivity contribution >= 4 is 46.2 Å². The number of urea groups is 1. The van der Waals surface area contributed by atoms with Crippen molar-refractivity contribution in [2.75, 3.05) is 99.9 Å². The van der Waals surface area contributed by atoms with Crippen LogP contribution >= 0.6 is 0 Å². The first kappa shape index (κ1) is 55.6. The number of esters is 1. The Morgan fingerprint density at radius 3 is 2.52 bits per heavy atom. The number of aromatic nitrogens is 2. The third-order valence-electron chi connectivity index (χ3n) is 16.4. The fourth-order valence-electron chi connectivity index (χ4n) is 12.3. The highest BCUT2D eigenvalue weighted by Crippen LogP contribution is 2.42. The number of hydrogen-bond acceptors (Lipinski definition) is 12. The van der Waals surface area contributed by atoms with Crippen molar-refractivity contribution in [3.63, 3.8) is 0 Å². The van der Waals surface area contributed by atoms with Gasteiger partial charge in [-0.15, -0.1) is 0 Å². The van der Waals surface area contributed by atoms with Crippen LogP contribution in [-0.4, -0.2) is 192 Å². The standard InChI is InChI=1S/C57H82N10O8/c1-11-48(68)64-28-29-65(30-31-73-9)57(36-64)21-26-63(27-22-57)55(72)61(8)50(38(3)4)52(69)59-46-35-62-24-14-16-41(34-62)40-19-20-47-43(32-40)44(51(66(47)12-2)42-17-13-23-58-49(42)39(5)74-10)33-56(6,7)37-75-54(71)45-18-15-25-67(60-45)53(46)70/h11,13,16-17,19-20,23,32,38-39,45-46,50,60H,1,12,14-15,18,21-22,24-31,33-37H2,2-10H3,(H,59,69)/t39-,45-,46?,50-/m0/s1. The lowest BCUT2D eigenvalue weighted by Crippen LogP contribution is -2.67. The maximum Gasteiger partial charge on any atom is 0.324 e. The fourth-order valence-corrected chi connectivity index (χ4v) is 12.3. The van der Waals surface area contributed by atoms with E-state index < -0.39 is 35.4 Å². The molecule has 1 aromatic carbocycles. The van der Waals surface area contributed by atoms with Crippen LogP contribution in [-0.2, 0) is 46.4 Å². The molecule has 3 aromatic rings. The van der Waals surface area contributed by atoms with Crippen LogP contribution in [0.4, 0.5) is 4.79 Å². The first-order valence-electron chi connectivity index (χ1n) is 27.2. The molecule has 1 spiro atoms. The van der Waals surface area contributed by atoms with Crippen molar-refractivity contribution in [2.24, 2.45) is 11.3 Å². The summed E-state index contributed by atoms with van der Waals surface area (Å²) in [6, 6.07) is 7.80. The van der Waals surface area contributed by atoms with E-state index in [1.165, 1.54) is 16.0 Å². The first-order chi connectivity index (χ1) is 35.9. The monoisotopic (exact) mass is 1030 g/mol. The first-order valence-corrected chi connectivity index (χ1v) is 27.2. The quantitative estimate of drug-likeness (QED) is 0.172. The molecule has 18 nitrogen and oxygen atoms in total. The van der Waals surface area contributed by atoms with Crippen LogP contribution in [0.5, 0.6) is 0 Å². The lowest BCUT2D eigenvalue weighted by molar-refractivity contribution is -0.155. The number of carbonyl (C=O) groups is 5. The summed E-state index contributed by atoms with van der Waals surface area (Å²) in [5, 5.41) is 5.75. The Balaban J connectivity index is 1.08. The number of pyridine rings is 1. The minimum absolute atomic E-state index is 0.0983. The molecule has 5 amide bonds. The zero-order chi connectivity index (χ0) is 53.8. The van der Waals surface area contributed by atoms with Gasteiger partial charge in [0.25, 0.3) is 5.91 Å². The molecule has 2 aromatic heterocycles. The molecule has 0 saturated carbocycles. The number of rotatable bonds is 12. The van der Waals surface area contributed by atoms with E-state index in [4.69, 9.17) is 19.2 Å². The molecular weight excluding hydrogens is 953 g/mol. The number of piperazine rings is 1. The van der Waals surface area contributed by atoms with Crippen molar-refractivity contribution in [3.05, 3.63) is 72.1 Å². The molecule has 408 valence electrons. The molecule has 0 aliphatic carbocycles. The molecule has 0 radical (unpaired) electrons. The number of hydrogen-bond donors (Lipinski definition) is 2. The molecule has 7 heterocycles. The summed E-state index contributed by atoms with van der Waals surface area (Å²) in [6.45, 7) is 22.6. The zero-order valence-electron chi connectivity index (χ0n) is 46.0. The number of likely N-dealkylation sites (N-methyl/N-ethyl adjacent to an activating group) is 1. The lowest BCUT2D eigenvalue weighted by Gasteiger charge is -2.54. The number of nitrogens with one attached hydrogen (secondary N) is 2. The highest BCUT2D eigenvalue weighted by molar-refractivity contribution is 5.95. The normalized spacial score (nSPS) is 23.3. The van der Waals surface area contributed by atoms with Gasteiger partial charge in [-0.3, -0.25) is 39.0 Å². The maximum absolute atomic E-state index is 14.9. The van der Waals surface area contributed by atoms with Crippen LogP contribution < -0.4 is 10.7 Å². The van der Waals surface area contributed by atoms with E-state index in [1.807, 2.05) is 37.9 Å². The van der Waals surface area contributed by atoms with Crippen LogP contribution in [0.3, 0.4) is 0 Å². The predicted molar refractivity (Wildman–Crippen MR) is 289 cm³/mol. The Morgan fingerprint density at radius 2 is 1.81 bits per heavy atom. The number of cyclic esters (lactones) is 1. The molecule has 5 aliphatic rings. The molecular formula is C57H82N10O8. The van der Waals surface area contributed by atoms with Gasteiger partial charge in [-0.2, -0.15) is 0 Å². The summed E-state index contributed by atoms with van der Waals surface area (Å²) >= 11 is 0. The largest absolute Gasteiger partial charge is 0.464 e. The molecule has 5 aliphatic heterocycles. The van der Waals surface area contributed by atoms with Gasteiger partial charge in [0.1, 0.15) is 18.1 Å². The average Bonchev–Trinajstić information content (AvgIpc) is 3.73. The Kier molecular flexibility index (Phi) is 17.6. The van der Waals surface area contributed by atoms with Gasteiger partial charge in [0.15, 0.2) is 0 Å². The van der Waals surface area contributed by atoms with E-state index in [9.17, 15) is 24.0 Å². The minimum Gasteiger partial charge on any atom is -0.464 e. The van der Waals surface area contributed by atoms with Crippen LogP contribution in [0, 0.1) is 11.3 Å². The number of ether oxygens (including phenoxy) is 3. The fraction of sp³-hybridized carbons (Fsp3) is 0.614. The summed E-state index contributed by atoms with van der Waals surface area (Å²) in [5.41, 5.74) is 9.75. The smallest absolute Gasteiger partial charge is 0.324 e. The van der Waals surface area contributed by atoms with Crippen molar-refractivity contribution in [3.8, 4) is 11.3 Å². The number of likely N-dealkylation sites (tertiary alicyclic amines) is 1. The van der Waals surface area contributed by atoms with Gasteiger partial charge in [-0.05, 0) is 105 Å². The third-order valence-corrected chi connectivity index (χ3v) is 16.4. The number of carbonyl (C=O) groups excluding carboxylic acids is 5. The number of piperidine rings is 1. The van der Waals surface area contributed by atoms with Crippen LogP contribution in [0.15, 0.2) is 55.3 Å². The molecule has 3 saturated heterocycles. The number of nitrogens with zero attached hydrogens (tertiary/aromatic N) is 8. The summed E-state index contributed by atoms with van der Waals surface area (Å²) in [5.74, 6) is -1.63. The van der Waals surface area contributed by atoms with E-state index >= 15 is 0 Å². The number of benzene rings is 1. The Labute approximate surface area is 443 Å². The lowest BCUT2D eigenvalue weighted by atomic mass is 9.83. The number of methoxy groups -OCH3 is 2. The molecule has 6 bridgehead atoms. The van der Waals surface area contributed by atoms with E-state index in [0.717, 1.165) is 57.5 Å². The van der Waals surface area contributed by atoms with Gasteiger partial charge < -0.3 is 38.8 Å². The van der Waals surface area contributed by atoms with Gasteiger partial charge in [0, 0.05) is 127 Å². The summed E-state index contributed by atoms with van der Waals surface area (Å²) in [6.07, 6.45) is 8.88. The second-order valence-corrected chi connectivity index (χ2v) is 22.4. The van der Waals surface area contributed by atoms with Crippen LogP contribution in [0.25, 0.3) is 27.7 Å². The molecule has 2 N–H and O–H groups in total. The third kappa shape index (κ3) is 11.8. The predicted octanol–water partition coefficient (Wildman–Crippen LogP) is 5.51. The Hall–Kier alpha value is -5.66. The molecule has 75 heavy (non-hydrogen) atoms.